The van der Waals surface area contributed by atoms with Crippen LogP contribution in [0.25, 0.3) is 0 Å². The van der Waals surface area contributed by atoms with Crippen LogP contribution >= 0.6 is 0 Å². The van der Waals surface area contributed by atoms with Crippen LogP contribution in [0.3, 0.4) is 0 Å². The molecule has 2 N–H and O–H groups in total. The quantitative estimate of drug-likeness (QED) is 0.819. The average Bonchev–Trinajstić information content (AvgIpc) is 2.61. The van der Waals surface area contributed by atoms with Gasteiger partial charge in [0.15, 0.2) is 5.60 Å². The minimum Gasteiger partial charge on any atom is -0.478 e. The largest absolute Gasteiger partial charge is 0.478 e. The number of carboxylic acids is 1. The van der Waals surface area contributed by atoms with Gasteiger partial charge in [-0.25, -0.2) is 4.79 Å². The van der Waals surface area contributed by atoms with Crippen LogP contribution in [0.15, 0.2) is 54.6 Å². The Morgan fingerprint density at radius 2 is 1.83 bits per heavy atom. The van der Waals surface area contributed by atoms with E-state index in [4.69, 9.17) is 9.84 Å². The van der Waals surface area contributed by atoms with Crippen molar-refractivity contribution >= 4 is 11.9 Å². The number of ether oxygens (including phenoxy) is 1. The Labute approximate surface area is 141 Å². The van der Waals surface area contributed by atoms with Gasteiger partial charge < -0.3 is 15.2 Å². The number of carbonyl (C=O) groups is 2. The van der Waals surface area contributed by atoms with Gasteiger partial charge in [0.1, 0.15) is 0 Å². The summed E-state index contributed by atoms with van der Waals surface area (Å²) in [7, 11) is 1.50. The lowest BCUT2D eigenvalue weighted by Crippen LogP contribution is -2.44. The molecular formula is C19H21NO4. The topological polar surface area (TPSA) is 75.6 Å². The summed E-state index contributed by atoms with van der Waals surface area (Å²) >= 11 is 0. The number of hydrogen-bond acceptors (Lipinski definition) is 3. The lowest BCUT2D eigenvalue weighted by atomic mass is 9.94. The van der Waals surface area contributed by atoms with Crippen molar-refractivity contribution in [3.8, 4) is 0 Å². The maximum Gasteiger partial charge on any atom is 0.335 e. The Kier molecular flexibility index (Phi) is 5.71. The van der Waals surface area contributed by atoms with Gasteiger partial charge in [0.2, 0.25) is 0 Å². The molecule has 0 saturated carbocycles. The molecule has 5 heteroatoms. The zero-order chi connectivity index (χ0) is 17.6. The molecular weight excluding hydrogens is 306 g/mol. The molecule has 0 radical (unpaired) electrons. The second kappa shape index (κ2) is 7.75. The van der Waals surface area contributed by atoms with Crippen LogP contribution in [0.2, 0.25) is 0 Å². The van der Waals surface area contributed by atoms with E-state index in [-0.39, 0.29) is 11.5 Å². The Bertz CT molecular complexity index is 714. The summed E-state index contributed by atoms with van der Waals surface area (Å²) in [6.07, 6.45) is 0.543. The molecule has 2 aromatic carbocycles. The monoisotopic (exact) mass is 327 g/mol. The smallest absolute Gasteiger partial charge is 0.335 e. The summed E-state index contributed by atoms with van der Waals surface area (Å²) in [4.78, 5) is 23.5. The maximum absolute atomic E-state index is 12.5. The normalized spacial score (nSPS) is 13.1. The zero-order valence-electron chi connectivity index (χ0n) is 13.8. The van der Waals surface area contributed by atoms with Gasteiger partial charge >= 0.3 is 5.97 Å². The van der Waals surface area contributed by atoms with E-state index in [2.05, 4.69) is 5.32 Å². The van der Waals surface area contributed by atoms with Gasteiger partial charge in [0, 0.05) is 13.7 Å². The predicted molar refractivity (Wildman–Crippen MR) is 90.9 cm³/mol. The highest BCUT2D eigenvalue weighted by atomic mass is 16.5. The Morgan fingerprint density at radius 3 is 2.46 bits per heavy atom. The average molecular weight is 327 g/mol. The van der Waals surface area contributed by atoms with Crippen molar-refractivity contribution < 1.29 is 19.4 Å². The van der Waals surface area contributed by atoms with Crippen LogP contribution in [-0.4, -0.2) is 30.6 Å². The van der Waals surface area contributed by atoms with Gasteiger partial charge in [-0.2, -0.15) is 0 Å². The fraction of sp³-hybridized carbons (Fsp3) is 0.263. The minimum absolute atomic E-state index is 0.231. The molecule has 0 aromatic heterocycles. The third-order valence-electron chi connectivity index (χ3n) is 4.04. The van der Waals surface area contributed by atoms with Crippen LogP contribution in [0, 0.1) is 0 Å². The number of methoxy groups -OCH3 is 1. The number of hydrogen-bond donors (Lipinski definition) is 2. The first-order chi connectivity index (χ1) is 11.5. The van der Waals surface area contributed by atoms with E-state index in [9.17, 15) is 9.59 Å². The second-order valence-corrected chi connectivity index (χ2v) is 5.61. The third kappa shape index (κ3) is 4.00. The molecule has 126 valence electrons. The summed E-state index contributed by atoms with van der Waals surface area (Å²) < 4.78 is 5.45. The van der Waals surface area contributed by atoms with Crippen LogP contribution in [-0.2, 0) is 21.6 Å². The van der Waals surface area contributed by atoms with E-state index in [0.717, 1.165) is 11.1 Å². The number of nitrogens with one attached hydrogen (secondary N) is 1. The van der Waals surface area contributed by atoms with Crippen LogP contribution < -0.4 is 5.32 Å². The summed E-state index contributed by atoms with van der Waals surface area (Å²) in [5, 5.41) is 11.9. The highest BCUT2D eigenvalue weighted by molar-refractivity contribution is 5.88. The molecule has 0 spiro atoms. The van der Waals surface area contributed by atoms with E-state index < -0.39 is 11.6 Å². The van der Waals surface area contributed by atoms with Crippen LogP contribution in [0.4, 0.5) is 0 Å². The first kappa shape index (κ1) is 17.7. The van der Waals surface area contributed by atoms with Crippen LogP contribution in [0.5, 0.6) is 0 Å². The lowest BCUT2D eigenvalue weighted by molar-refractivity contribution is -0.142. The van der Waals surface area contributed by atoms with E-state index in [1.165, 1.54) is 7.11 Å². The highest BCUT2D eigenvalue weighted by Crippen LogP contribution is 2.24. The molecule has 1 unspecified atom stereocenters. The molecule has 0 bridgehead atoms. The number of aromatic carboxylic acids is 1. The summed E-state index contributed by atoms with van der Waals surface area (Å²) in [6, 6.07) is 16.0. The number of carbonyl (C=O) groups excluding carboxylic acids is 1. The number of amides is 1. The van der Waals surface area contributed by atoms with Crippen molar-refractivity contribution in [3.63, 3.8) is 0 Å². The van der Waals surface area contributed by atoms with E-state index in [1.807, 2.05) is 36.4 Å². The lowest BCUT2D eigenvalue weighted by Gasteiger charge is -2.27. The molecule has 24 heavy (non-hydrogen) atoms. The Balaban J connectivity index is 1.99. The SMILES string of the molecule is COC(C)(C(=O)NCCc1cccc(C(=O)O)c1)c1ccccc1. The van der Waals surface area contributed by atoms with Crippen molar-refractivity contribution in [2.75, 3.05) is 13.7 Å². The van der Waals surface area contributed by atoms with Gasteiger partial charge in [-0.1, -0.05) is 42.5 Å². The van der Waals surface area contributed by atoms with Gasteiger partial charge in [0.25, 0.3) is 5.91 Å². The van der Waals surface area contributed by atoms with E-state index in [0.29, 0.717) is 13.0 Å². The fourth-order valence-electron chi connectivity index (χ4n) is 2.45. The molecule has 0 fully saturated rings. The van der Waals surface area contributed by atoms with Gasteiger partial charge in [-0.15, -0.1) is 0 Å². The molecule has 0 saturated heterocycles. The first-order valence-electron chi connectivity index (χ1n) is 7.68. The van der Waals surface area contributed by atoms with Gasteiger partial charge in [-0.3, -0.25) is 4.79 Å². The fourth-order valence-corrected chi connectivity index (χ4v) is 2.45. The van der Waals surface area contributed by atoms with Crippen molar-refractivity contribution in [1.29, 1.82) is 0 Å². The molecule has 5 nitrogen and oxygen atoms in total. The van der Waals surface area contributed by atoms with E-state index >= 15 is 0 Å². The minimum atomic E-state index is -1.07. The van der Waals surface area contributed by atoms with Gasteiger partial charge in [0.05, 0.1) is 5.56 Å². The first-order valence-corrected chi connectivity index (χ1v) is 7.68. The zero-order valence-corrected chi connectivity index (χ0v) is 13.8. The number of rotatable bonds is 7. The molecule has 1 atom stereocenters. The Morgan fingerprint density at radius 1 is 1.12 bits per heavy atom. The van der Waals surface area contributed by atoms with Gasteiger partial charge in [-0.05, 0) is 36.6 Å². The predicted octanol–water partition coefficient (Wildman–Crippen LogP) is 2.61. The summed E-state index contributed by atoms with van der Waals surface area (Å²) in [6.45, 7) is 2.12. The number of carboxylic acid groups (broad SMARTS) is 1. The second-order valence-electron chi connectivity index (χ2n) is 5.61. The summed E-state index contributed by atoms with van der Waals surface area (Å²) in [5.41, 5.74) is 0.807. The third-order valence-corrected chi connectivity index (χ3v) is 4.04. The maximum atomic E-state index is 12.5. The standard InChI is InChI=1S/C19H21NO4/c1-19(24-2,16-9-4-3-5-10-16)18(23)20-12-11-14-7-6-8-15(13-14)17(21)22/h3-10,13H,11-12H2,1-2H3,(H,20,23)(H,21,22). The molecule has 0 heterocycles. The van der Waals surface area contributed by atoms with Crippen molar-refractivity contribution in [1.82, 2.24) is 5.32 Å². The molecule has 0 aliphatic carbocycles. The molecule has 1 amide bonds. The Hall–Kier alpha value is -2.66. The highest BCUT2D eigenvalue weighted by Gasteiger charge is 2.34. The molecule has 2 rings (SSSR count). The molecule has 0 aliphatic heterocycles. The molecule has 0 aliphatic rings. The van der Waals surface area contributed by atoms with Crippen LogP contribution in [0.1, 0.15) is 28.4 Å². The number of benzene rings is 2. The van der Waals surface area contributed by atoms with Crippen molar-refractivity contribution in [2.24, 2.45) is 0 Å². The molecule has 2 aromatic rings. The summed E-state index contributed by atoms with van der Waals surface area (Å²) in [5.74, 6) is -1.19. The van der Waals surface area contributed by atoms with Crippen molar-refractivity contribution in [3.05, 3.63) is 71.3 Å². The van der Waals surface area contributed by atoms with Crippen molar-refractivity contribution in [2.45, 2.75) is 18.9 Å². The van der Waals surface area contributed by atoms with E-state index in [1.54, 1.807) is 25.1 Å².